The molecule has 38 heavy (non-hydrogen) atoms. The number of benzene rings is 2. The van der Waals surface area contributed by atoms with Gasteiger partial charge in [0, 0.05) is 10.0 Å². The molecule has 1 aromatic heterocycles. The van der Waals surface area contributed by atoms with E-state index in [0.717, 1.165) is 10.5 Å². The zero-order chi connectivity index (χ0) is 26.8. The third kappa shape index (κ3) is 5.02. The molecular formula is C26H21BrN2O9. The number of hydrogen-bond acceptors (Lipinski definition) is 9. The number of imide groups is 1. The largest absolute Gasteiger partial charge is 0.493 e. The van der Waals surface area contributed by atoms with Crippen LogP contribution in [0.1, 0.15) is 27.4 Å². The number of methoxy groups -OCH3 is 2. The van der Waals surface area contributed by atoms with E-state index in [0.29, 0.717) is 33.0 Å². The van der Waals surface area contributed by atoms with Crippen molar-refractivity contribution in [3.63, 3.8) is 0 Å². The topological polar surface area (TPSA) is 126 Å². The van der Waals surface area contributed by atoms with Gasteiger partial charge in [-0.2, -0.15) is 0 Å². The fourth-order valence-electron chi connectivity index (χ4n) is 3.89. The van der Waals surface area contributed by atoms with E-state index in [1.165, 1.54) is 32.4 Å². The summed E-state index contributed by atoms with van der Waals surface area (Å²) in [5.41, 5.74) is 1.36. The first kappa shape index (κ1) is 25.2. The van der Waals surface area contributed by atoms with Gasteiger partial charge in [-0.3, -0.25) is 9.69 Å². The Morgan fingerprint density at radius 3 is 2.71 bits per heavy atom. The van der Waals surface area contributed by atoms with Gasteiger partial charge in [0.15, 0.2) is 23.0 Å². The van der Waals surface area contributed by atoms with E-state index in [9.17, 15) is 14.4 Å². The zero-order valence-corrected chi connectivity index (χ0v) is 21.8. The molecule has 0 saturated carbocycles. The van der Waals surface area contributed by atoms with Gasteiger partial charge in [-0.1, -0.05) is 22.0 Å². The van der Waals surface area contributed by atoms with E-state index >= 15 is 0 Å². The van der Waals surface area contributed by atoms with Gasteiger partial charge in [-0.05, 0) is 48.0 Å². The Morgan fingerprint density at radius 1 is 1.11 bits per heavy atom. The molecule has 0 bridgehead atoms. The molecule has 0 radical (unpaired) electrons. The number of urea groups is 1. The number of carbonyl (C=O) groups excluding carboxylic acids is 3. The molecule has 5 rings (SSSR count). The van der Waals surface area contributed by atoms with Crippen LogP contribution < -0.4 is 24.3 Å². The van der Waals surface area contributed by atoms with Crippen molar-refractivity contribution in [2.24, 2.45) is 0 Å². The third-order valence-electron chi connectivity index (χ3n) is 5.71. The molecule has 11 nitrogen and oxygen atoms in total. The number of ether oxygens (including phenoxy) is 5. The molecule has 3 heterocycles. The standard InChI is InChI=1S/C26H21BrN2O9/c1-33-22-10-16(27)8-15(23(22)35-12-14-3-5-19-21(7-14)37-13-36-19)9-18-24(30)29(26(32)28-18)11-17-4-6-20(38-17)25(31)34-2/h3-10H,11-13H2,1-2H3,(H,28,32)/b18-9-. The van der Waals surface area contributed by atoms with Crippen molar-refractivity contribution in [3.05, 3.63) is 75.3 Å². The fraction of sp³-hybridized carbons (Fsp3) is 0.192. The van der Waals surface area contributed by atoms with Gasteiger partial charge in [-0.25, -0.2) is 9.59 Å². The SMILES string of the molecule is COC(=O)c1ccc(CN2C(=O)N/C(=C\c3cc(Br)cc(OC)c3OCc3ccc4c(c3)OCO4)C2=O)o1. The zero-order valence-electron chi connectivity index (χ0n) is 20.2. The minimum absolute atomic E-state index is 0.0304. The van der Waals surface area contributed by atoms with E-state index in [4.69, 9.17) is 23.4 Å². The van der Waals surface area contributed by atoms with Crippen LogP contribution in [-0.4, -0.2) is 43.8 Å². The van der Waals surface area contributed by atoms with Crippen molar-refractivity contribution in [2.45, 2.75) is 13.2 Å². The summed E-state index contributed by atoms with van der Waals surface area (Å²) in [5.74, 6) is 1.06. The molecule has 12 heteroatoms. The Kier molecular flexibility index (Phi) is 6.97. The smallest absolute Gasteiger partial charge is 0.373 e. The molecule has 3 aromatic rings. The van der Waals surface area contributed by atoms with Crippen molar-refractivity contribution >= 4 is 39.9 Å². The molecular weight excluding hydrogens is 564 g/mol. The Morgan fingerprint density at radius 2 is 1.92 bits per heavy atom. The van der Waals surface area contributed by atoms with E-state index in [2.05, 4.69) is 26.0 Å². The average molecular weight is 585 g/mol. The van der Waals surface area contributed by atoms with Crippen molar-refractivity contribution in [1.29, 1.82) is 0 Å². The molecule has 0 unspecified atom stereocenters. The van der Waals surface area contributed by atoms with Crippen molar-refractivity contribution in [1.82, 2.24) is 10.2 Å². The number of nitrogens with zero attached hydrogens (tertiary/aromatic N) is 1. The normalized spacial score (nSPS) is 15.1. The second-order valence-corrected chi connectivity index (χ2v) is 9.06. The Bertz CT molecular complexity index is 1460. The first-order chi connectivity index (χ1) is 18.4. The van der Waals surface area contributed by atoms with Gasteiger partial charge >= 0.3 is 12.0 Å². The Labute approximate surface area is 225 Å². The summed E-state index contributed by atoms with van der Waals surface area (Å²) in [6, 6.07) is 11.2. The highest BCUT2D eigenvalue weighted by molar-refractivity contribution is 9.10. The Hall–Kier alpha value is -4.45. The summed E-state index contributed by atoms with van der Waals surface area (Å²) in [7, 11) is 2.73. The lowest BCUT2D eigenvalue weighted by Gasteiger charge is -2.15. The highest BCUT2D eigenvalue weighted by Crippen LogP contribution is 2.38. The highest BCUT2D eigenvalue weighted by Gasteiger charge is 2.35. The minimum atomic E-state index is -0.661. The number of hydrogen-bond donors (Lipinski definition) is 1. The summed E-state index contributed by atoms with van der Waals surface area (Å²) in [6.07, 6.45) is 1.50. The number of furan rings is 1. The van der Waals surface area contributed by atoms with Crippen LogP contribution in [0, 0.1) is 0 Å². The van der Waals surface area contributed by atoms with E-state index in [1.807, 2.05) is 12.1 Å². The predicted molar refractivity (Wildman–Crippen MR) is 135 cm³/mol. The third-order valence-corrected chi connectivity index (χ3v) is 6.17. The van der Waals surface area contributed by atoms with Crippen LogP contribution in [0.4, 0.5) is 4.79 Å². The molecule has 1 fully saturated rings. The van der Waals surface area contributed by atoms with Crippen molar-refractivity contribution < 1.29 is 42.5 Å². The maximum Gasteiger partial charge on any atom is 0.373 e. The molecule has 3 amide bonds. The quantitative estimate of drug-likeness (QED) is 0.235. The van der Waals surface area contributed by atoms with Crippen LogP contribution in [-0.2, 0) is 22.7 Å². The molecule has 0 atom stereocenters. The molecule has 0 spiro atoms. The average Bonchev–Trinajstić information content (AvgIpc) is 3.64. The van der Waals surface area contributed by atoms with Crippen LogP contribution in [0.3, 0.4) is 0 Å². The van der Waals surface area contributed by atoms with Gasteiger partial charge in [0.25, 0.3) is 5.91 Å². The minimum Gasteiger partial charge on any atom is -0.493 e. The molecule has 1 N–H and O–H groups in total. The van der Waals surface area contributed by atoms with Crippen LogP contribution >= 0.6 is 15.9 Å². The van der Waals surface area contributed by atoms with Gasteiger partial charge in [0.2, 0.25) is 12.6 Å². The van der Waals surface area contributed by atoms with E-state index in [-0.39, 0.29) is 37.2 Å². The summed E-state index contributed by atoms with van der Waals surface area (Å²) < 4.78 is 33.1. The maximum atomic E-state index is 13.1. The Balaban J connectivity index is 1.38. The number of rotatable bonds is 8. The molecule has 0 aliphatic carbocycles. The van der Waals surface area contributed by atoms with Gasteiger partial charge < -0.3 is 33.4 Å². The first-order valence-electron chi connectivity index (χ1n) is 11.3. The number of nitrogens with one attached hydrogen (secondary N) is 1. The lowest BCUT2D eigenvalue weighted by Crippen LogP contribution is -2.30. The van der Waals surface area contributed by atoms with Gasteiger partial charge in [0.05, 0.1) is 20.8 Å². The van der Waals surface area contributed by atoms with E-state index < -0.39 is 17.9 Å². The molecule has 196 valence electrons. The highest BCUT2D eigenvalue weighted by atomic mass is 79.9. The summed E-state index contributed by atoms with van der Waals surface area (Å²) in [6.45, 7) is 0.174. The van der Waals surface area contributed by atoms with Crippen molar-refractivity contribution in [3.8, 4) is 23.0 Å². The summed E-state index contributed by atoms with van der Waals surface area (Å²) in [4.78, 5) is 38.3. The lowest BCUT2D eigenvalue weighted by atomic mass is 10.1. The second-order valence-electron chi connectivity index (χ2n) is 8.14. The molecule has 2 aliphatic rings. The summed E-state index contributed by atoms with van der Waals surface area (Å²) >= 11 is 3.44. The number of halogens is 1. The van der Waals surface area contributed by atoms with Crippen LogP contribution in [0.2, 0.25) is 0 Å². The summed E-state index contributed by atoms with van der Waals surface area (Å²) in [5, 5.41) is 2.57. The first-order valence-corrected chi connectivity index (χ1v) is 12.1. The number of carbonyl (C=O) groups is 3. The monoisotopic (exact) mass is 584 g/mol. The fourth-order valence-corrected chi connectivity index (χ4v) is 4.34. The van der Waals surface area contributed by atoms with Crippen molar-refractivity contribution in [2.75, 3.05) is 21.0 Å². The van der Waals surface area contributed by atoms with Gasteiger partial charge in [0.1, 0.15) is 18.1 Å². The predicted octanol–water partition coefficient (Wildman–Crippen LogP) is 4.24. The molecule has 2 aromatic carbocycles. The van der Waals surface area contributed by atoms with E-state index in [1.54, 1.807) is 18.2 Å². The van der Waals surface area contributed by atoms with Crippen LogP contribution in [0.5, 0.6) is 23.0 Å². The van der Waals surface area contributed by atoms with Crippen LogP contribution in [0.25, 0.3) is 6.08 Å². The number of fused-ring (bicyclic) bond motifs is 1. The number of esters is 1. The number of amides is 3. The van der Waals surface area contributed by atoms with Crippen LogP contribution in [0.15, 0.2) is 57.1 Å². The maximum absolute atomic E-state index is 13.1. The lowest BCUT2D eigenvalue weighted by molar-refractivity contribution is -0.123. The second kappa shape index (κ2) is 10.5. The molecule has 2 aliphatic heterocycles. The molecule has 1 saturated heterocycles. The van der Waals surface area contributed by atoms with Gasteiger partial charge in [-0.15, -0.1) is 0 Å².